The van der Waals surface area contributed by atoms with Gasteiger partial charge in [-0.25, -0.2) is 0 Å². The predicted octanol–water partition coefficient (Wildman–Crippen LogP) is 4.67. The monoisotopic (exact) mass is 344 g/mol. The molecule has 0 fully saturated rings. The van der Waals surface area contributed by atoms with Crippen LogP contribution in [0.5, 0.6) is 0 Å². The number of rotatable bonds is 5. The van der Waals surface area contributed by atoms with Gasteiger partial charge in [0.2, 0.25) is 5.89 Å². The number of hydrogen-bond acceptors (Lipinski definition) is 5. The van der Waals surface area contributed by atoms with Crippen LogP contribution in [0, 0.1) is 6.92 Å². The summed E-state index contributed by atoms with van der Waals surface area (Å²) in [4.78, 5) is 12.2. The van der Waals surface area contributed by atoms with Crippen LogP contribution in [0.25, 0.3) is 11.5 Å². The second-order valence-electron chi connectivity index (χ2n) is 4.91. The lowest BCUT2D eigenvalue weighted by Gasteiger charge is -2.02. The van der Waals surface area contributed by atoms with Crippen molar-refractivity contribution < 1.29 is 9.21 Å². The maximum absolute atomic E-state index is 12.2. The largest absolute Gasteiger partial charge is 0.411 e. The van der Waals surface area contributed by atoms with Crippen LogP contribution in [0.4, 0.5) is 0 Å². The molecule has 0 bridgehead atoms. The van der Waals surface area contributed by atoms with Gasteiger partial charge in [0.05, 0.1) is 5.75 Å². The molecule has 0 aliphatic rings. The number of aryl methyl sites for hydroxylation is 1. The van der Waals surface area contributed by atoms with Crippen LogP contribution >= 0.6 is 23.4 Å². The summed E-state index contributed by atoms with van der Waals surface area (Å²) in [5.74, 6) is 0.677. The molecule has 0 saturated heterocycles. The first-order chi connectivity index (χ1) is 11.1. The van der Waals surface area contributed by atoms with E-state index in [0.717, 1.165) is 16.7 Å². The second-order valence-corrected chi connectivity index (χ2v) is 6.27. The van der Waals surface area contributed by atoms with Crippen LogP contribution in [0.1, 0.15) is 15.9 Å². The Bertz CT molecular complexity index is 848. The number of aromatic nitrogens is 2. The molecule has 0 saturated carbocycles. The van der Waals surface area contributed by atoms with E-state index in [4.69, 9.17) is 16.0 Å². The Hall–Kier alpha value is -2.11. The van der Waals surface area contributed by atoms with Gasteiger partial charge in [0.25, 0.3) is 5.22 Å². The van der Waals surface area contributed by atoms with Crippen molar-refractivity contribution in [2.45, 2.75) is 12.1 Å². The third kappa shape index (κ3) is 3.81. The molecule has 4 nitrogen and oxygen atoms in total. The maximum Gasteiger partial charge on any atom is 0.277 e. The molecule has 1 heterocycles. The SMILES string of the molecule is Cc1ccccc1C(=O)CSc1nnc(-c2cccc(Cl)c2)o1. The zero-order valence-corrected chi connectivity index (χ0v) is 13.9. The quantitative estimate of drug-likeness (QED) is 0.497. The third-order valence-electron chi connectivity index (χ3n) is 3.25. The Morgan fingerprint density at radius 3 is 2.78 bits per heavy atom. The number of nitrogens with zero attached hydrogens (tertiary/aromatic N) is 2. The minimum atomic E-state index is 0.0376. The predicted molar refractivity (Wildman–Crippen MR) is 91.0 cm³/mol. The van der Waals surface area contributed by atoms with Crippen molar-refractivity contribution in [1.29, 1.82) is 0 Å². The third-order valence-corrected chi connectivity index (χ3v) is 4.30. The molecule has 3 rings (SSSR count). The van der Waals surface area contributed by atoms with Gasteiger partial charge in [0.15, 0.2) is 5.78 Å². The van der Waals surface area contributed by atoms with Crippen LogP contribution in [-0.2, 0) is 0 Å². The van der Waals surface area contributed by atoms with Crippen molar-refractivity contribution in [2.24, 2.45) is 0 Å². The summed E-state index contributed by atoms with van der Waals surface area (Å²) < 4.78 is 5.57. The van der Waals surface area contributed by atoms with Crippen molar-refractivity contribution in [1.82, 2.24) is 10.2 Å². The summed E-state index contributed by atoms with van der Waals surface area (Å²) in [6.07, 6.45) is 0. The lowest BCUT2D eigenvalue weighted by Crippen LogP contribution is -2.04. The Morgan fingerprint density at radius 1 is 1.17 bits per heavy atom. The van der Waals surface area contributed by atoms with E-state index < -0.39 is 0 Å². The molecule has 0 N–H and O–H groups in total. The average Bonchev–Trinajstić information content (AvgIpc) is 3.02. The molecule has 0 amide bonds. The van der Waals surface area contributed by atoms with E-state index in [0.29, 0.717) is 16.1 Å². The standard InChI is InChI=1S/C17H13ClN2O2S/c1-11-5-2-3-8-14(11)15(21)10-23-17-20-19-16(22-17)12-6-4-7-13(18)9-12/h2-9H,10H2,1H3. The number of thioether (sulfide) groups is 1. The minimum Gasteiger partial charge on any atom is -0.411 e. The normalized spacial score (nSPS) is 10.7. The summed E-state index contributed by atoms with van der Waals surface area (Å²) >= 11 is 7.18. The average molecular weight is 345 g/mol. The van der Waals surface area contributed by atoms with E-state index in [9.17, 15) is 4.79 Å². The van der Waals surface area contributed by atoms with E-state index in [1.807, 2.05) is 43.3 Å². The van der Waals surface area contributed by atoms with E-state index in [-0.39, 0.29) is 11.5 Å². The highest BCUT2D eigenvalue weighted by atomic mass is 35.5. The fourth-order valence-electron chi connectivity index (χ4n) is 2.10. The highest BCUT2D eigenvalue weighted by Crippen LogP contribution is 2.25. The molecule has 0 atom stereocenters. The molecule has 2 aromatic carbocycles. The maximum atomic E-state index is 12.2. The fourth-order valence-corrected chi connectivity index (χ4v) is 2.93. The molecule has 0 aliphatic carbocycles. The van der Waals surface area contributed by atoms with Crippen LogP contribution in [-0.4, -0.2) is 21.7 Å². The highest BCUT2D eigenvalue weighted by molar-refractivity contribution is 7.99. The number of carbonyl (C=O) groups excluding carboxylic acids is 1. The second kappa shape index (κ2) is 6.98. The minimum absolute atomic E-state index is 0.0376. The highest BCUT2D eigenvalue weighted by Gasteiger charge is 2.13. The number of carbonyl (C=O) groups is 1. The Balaban J connectivity index is 1.68. The zero-order valence-electron chi connectivity index (χ0n) is 12.3. The molecule has 0 radical (unpaired) electrons. The molecule has 0 aliphatic heterocycles. The van der Waals surface area contributed by atoms with E-state index in [2.05, 4.69) is 10.2 Å². The number of benzene rings is 2. The van der Waals surface area contributed by atoms with Crippen LogP contribution in [0.2, 0.25) is 5.02 Å². The van der Waals surface area contributed by atoms with E-state index >= 15 is 0 Å². The van der Waals surface area contributed by atoms with Crippen molar-refractivity contribution in [2.75, 3.05) is 5.75 Å². The fraction of sp³-hybridized carbons (Fsp3) is 0.118. The first kappa shape index (κ1) is 15.8. The Morgan fingerprint density at radius 2 is 2.00 bits per heavy atom. The number of ketones is 1. The molecule has 0 unspecified atom stereocenters. The molecular formula is C17H13ClN2O2S. The first-order valence-electron chi connectivity index (χ1n) is 6.94. The van der Waals surface area contributed by atoms with Gasteiger partial charge in [-0.2, -0.15) is 0 Å². The molecule has 1 aromatic heterocycles. The van der Waals surface area contributed by atoms with Crippen molar-refractivity contribution in [3.05, 3.63) is 64.7 Å². The van der Waals surface area contributed by atoms with Crippen molar-refractivity contribution >= 4 is 29.1 Å². The molecular weight excluding hydrogens is 332 g/mol. The molecule has 23 heavy (non-hydrogen) atoms. The number of hydrogen-bond donors (Lipinski definition) is 0. The topological polar surface area (TPSA) is 56.0 Å². The molecule has 0 spiro atoms. The van der Waals surface area contributed by atoms with Gasteiger partial charge in [-0.05, 0) is 30.7 Å². The van der Waals surface area contributed by atoms with Crippen LogP contribution in [0.15, 0.2) is 58.2 Å². The lowest BCUT2D eigenvalue weighted by atomic mass is 10.1. The lowest BCUT2D eigenvalue weighted by molar-refractivity contribution is 0.102. The van der Waals surface area contributed by atoms with Gasteiger partial charge in [-0.3, -0.25) is 4.79 Å². The summed E-state index contributed by atoms with van der Waals surface area (Å²) in [7, 11) is 0. The van der Waals surface area contributed by atoms with E-state index in [1.54, 1.807) is 12.1 Å². The van der Waals surface area contributed by atoms with Crippen molar-refractivity contribution in [3.63, 3.8) is 0 Å². The smallest absolute Gasteiger partial charge is 0.277 e. The summed E-state index contributed by atoms with van der Waals surface area (Å²) in [5, 5.41) is 8.91. The molecule has 116 valence electrons. The molecule has 3 aromatic rings. The number of Topliss-reactive ketones (excluding diaryl/α,β-unsaturated/α-hetero) is 1. The Kier molecular flexibility index (Phi) is 4.79. The summed E-state index contributed by atoms with van der Waals surface area (Å²) in [5.41, 5.74) is 2.43. The van der Waals surface area contributed by atoms with E-state index in [1.165, 1.54) is 11.8 Å². The van der Waals surface area contributed by atoms with Gasteiger partial charge in [-0.1, -0.05) is 53.7 Å². The van der Waals surface area contributed by atoms with Crippen molar-refractivity contribution in [3.8, 4) is 11.5 Å². The van der Waals surface area contributed by atoms with Gasteiger partial charge in [-0.15, -0.1) is 10.2 Å². The van der Waals surface area contributed by atoms with Gasteiger partial charge in [0.1, 0.15) is 0 Å². The first-order valence-corrected chi connectivity index (χ1v) is 8.31. The Labute approximate surface area is 142 Å². The van der Waals surface area contributed by atoms with Crippen LogP contribution in [0.3, 0.4) is 0 Å². The van der Waals surface area contributed by atoms with Gasteiger partial charge >= 0.3 is 0 Å². The number of halogens is 1. The zero-order chi connectivity index (χ0) is 16.2. The molecule has 6 heteroatoms. The van der Waals surface area contributed by atoms with Gasteiger partial charge in [0, 0.05) is 16.1 Å². The van der Waals surface area contributed by atoms with Gasteiger partial charge < -0.3 is 4.42 Å². The summed E-state index contributed by atoms with van der Waals surface area (Å²) in [6.45, 7) is 1.92. The van der Waals surface area contributed by atoms with Crippen LogP contribution < -0.4 is 0 Å². The summed E-state index contributed by atoms with van der Waals surface area (Å²) in [6, 6.07) is 14.7.